The zero-order valence-corrected chi connectivity index (χ0v) is 12.6. The lowest BCUT2D eigenvalue weighted by Crippen LogP contribution is -2.46. The maximum atomic E-state index is 10.7. The fourth-order valence-corrected chi connectivity index (χ4v) is 1.82. The van der Waals surface area contributed by atoms with E-state index in [9.17, 15) is 4.79 Å². The first kappa shape index (κ1) is 17.0. The van der Waals surface area contributed by atoms with Crippen molar-refractivity contribution in [1.82, 2.24) is 15.4 Å². The zero-order chi connectivity index (χ0) is 13.7. The number of rotatable bonds is 7. The molecule has 112 valence electrons. The molecule has 2 heterocycles. The van der Waals surface area contributed by atoms with E-state index in [1.54, 1.807) is 12.3 Å². The molecule has 1 atom stereocenters. The van der Waals surface area contributed by atoms with Crippen molar-refractivity contribution in [3.63, 3.8) is 0 Å². The van der Waals surface area contributed by atoms with Crippen LogP contribution in [-0.4, -0.2) is 42.8 Å². The number of halogens is 2. The number of nitrogens with zero attached hydrogens (tertiary/aromatic N) is 2. The van der Waals surface area contributed by atoms with Gasteiger partial charge in [0.1, 0.15) is 17.5 Å². The molecule has 1 aliphatic heterocycles. The van der Waals surface area contributed by atoms with Gasteiger partial charge in [-0.15, -0.1) is 12.4 Å². The largest absolute Gasteiger partial charge is 0.490 e. The molecule has 20 heavy (non-hydrogen) atoms. The first-order valence-corrected chi connectivity index (χ1v) is 6.37. The molecule has 0 radical (unpaired) electrons. The molecule has 1 N–H and O–H groups in total. The van der Waals surface area contributed by atoms with Gasteiger partial charge in [0.25, 0.3) is 0 Å². The fourth-order valence-electron chi connectivity index (χ4n) is 1.66. The molecular weight excluding hydrogens is 305 g/mol. The van der Waals surface area contributed by atoms with Gasteiger partial charge in [-0.25, -0.2) is 10.0 Å². The number of aromatic nitrogens is 1. The van der Waals surface area contributed by atoms with Crippen molar-refractivity contribution in [2.75, 3.05) is 20.3 Å². The Labute approximate surface area is 128 Å². The van der Waals surface area contributed by atoms with Crippen LogP contribution >= 0.6 is 24.0 Å². The van der Waals surface area contributed by atoms with E-state index >= 15 is 0 Å². The number of hydrogen-bond donors (Lipinski definition) is 1. The third-order valence-corrected chi connectivity index (χ3v) is 3.28. The Balaban J connectivity index is 0.00000200. The second kappa shape index (κ2) is 8.26. The SMILES string of the molecule is CON(C=O)Cc1cc(OC[C@@H]2CCN2)cnc1Cl.Cl. The highest BCUT2D eigenvalue weighted by molar-refractivity contribution is 6.30. The van der Waals surface area contributed by atoms with Gasteiger partial charge in [-0.2, -0.15) is 0 Å². The fraction of sp³-hybridized carbons (Fsp3) is 0.500. The van der Waals surface area contributed by atoms with Gasteiger partial charge >= 0.3 is 0 Å². The Hall–Kier alpha value is -1.08. The van der Waals surface area contributed by atoms with Crippen LogP contribution in [0.15, 0.2) is 12.3 Å². The Morgan fingerprint density at radius 1 is 1.65 bits per heavy atom. The van der Waals surface area contributed by atoms with E-state index in [0.29, 0.717) is 35.5 Å². The number of nitrogens with one attached hydrogen (secondary N) is 1. The highest BCUT2D eigenvalue weighted by Gasteiger charge is 2.17. The van der Waals surface area contributed by atoms with Gasteiger partial charge in [0.2, 0.25) is 6.41 Å². The van der Waals surface area contributed by atoms with Gasteiger partial charge in [-0.3, -0.25) is 9.63 Å². The van der Waals surface area contributed by atoms with Gasteiger partial charge in [-0.1, -0.05) is 11.6 Å². The molecule has 6 nitrogen and oxygen atoms in total. The highest BCUT2D eigenvalue weighted by Crippen LogP contribution is 2.21. The van der Waals surface area contributed by atoms with E-state index in [-0.39, 0.29) is 19.0 Å². The second-order valence-corrected chi connectivity index (χ2v) is 4.59. The van der Waals surface area contributed by atoms with Gasteiger partial charge in [0.15, 0.2) is 0 Å². The Bertz CT molecular complexity index is 444. The van der Waals surface area contributed by atoms with Crippen molar-refractivity contribution in [3.05, 3.63) is 23.0 Å². The van der Waals surface area contributed by atoms with Gasteiger partial charge in [0.05, 0.1) is 19.9 Å². The number of hydrogen-bond acceptors (Lipinski definition) is 5. The molecule has 0 bridgehead atoms. The first-order chi connectivity index (χ1) is 9.22. The van der Waals surface area contributed by atoms with Crippen molar-refractivity contribution in [1.29, 1.82) is 0 Å². The molecule has 1 fully saturated rings. The molecule has 2 rings (SSSR count). The number of ether oxygens (including phenoxy) is 1. The molecule has 1 aliphatic rings. The minimum Gasteiger partial charge on any atom is -0.490 e. The number of hydroxylamine groups is 2. The Kier molecular flexibility index (Phi) is 7.01. The lowest BCUT2D eigenvalue weighted by molar-refractivity contribution is -0.163. The van der Waals surface area contributed by atoms with Gasteiger partial charge < -0.3 is 10.1 Å². The minimum absolute atomic E-state index is 0. The van der Waals surface area contributed by atoms with Crippen molar-refractivity contribution in [2.24, 2.45) is 0 Å². The summed E-state index contributed by atoms with van der Waals surface area (Å²) < 4.78 is 5.62. The van der Waals surface area contributed by atoms with Gasteiger partial charge in [0, 0.05) is 11.6 Å². The molecule has 8 heteroatoms. The van der Waals surface area contributed by atoms with E-state index in [2.05, 4.69) is 10.3 Å². The van der Waals surface area contributed by atoms with E-state index in [1.807, 2.05) is 0 Å². The number of carbonyl (C=O) groups excluding carboxylic acids is 1. The van der Waals surface area contributed by atoms with Crippen LogP contribution < -0.4 is 10.1 Å². The average molecular weight is 322 g/mol. The molecule has 1 saturated heterocycles. The number of carbonyl (C=O) groups is 1. The molecular formula is C12H17Cl2N3O3. The Morgan fingerprint density at radius 2 is 2.40 bits per heavy atom. The number of pyridine rings is 1. The molecule has 0 aromatic carbocycles. The highest BCUT2D eigenvalue weighted by atomic mass is 35.5. The maximum absolute atomic E-state index is 10.7. The summed E-state index contributed by atoms with van der Waals surface area (Å²) in [5.74, 6) is 0.634. The third kappa shape index (κ3) is 4.49. The summed E-state index contributed by atoms with van der Waals surface area (Å²) in [4.78, 5) is 19.6. The van der Waals surface area contributed by atoms with Crippen molar-refractivity contribution in [3.8, 4) is 5.75 Å². The van der Waals surface area contributed by atoms with Gasteiger partial charge in [-0.05, 0) is 19.0 Å². The normalized spacial score (nSPS) is 16.8. The first-order valence-electron chi connectivity index (χ1n) is 5.99. The molecule has 0 saturated carbocycles. The number of amides is 1. The quantitative estimate of drug-likeness (QED) is 0.467. The smallest absolute Gasteiger partial charge is 0.233 e. The van der Waals surface area contributed by atoms with Crippen LogP contribution in [0, 0.1) is 0 Å². The summed E-state index contributed by atoms with van der Waals surface area (Å²) in [5, 5.41) is 4.70. The van der Waals surface area contributed by atoms with Crippen LogP contribution in [-0.2, 0) is 16.2 Å². The van der Waals surface area contributed by atoms with Crippen molar-refractivity contribution < 1.29 is 14.4 Å². The molecule has 0 unspecified atom stereocenters. The topological polar surface area (TPSA) is 63.7 Å². The van der Waals surface area contributed by atoms with Crippen LogP contribution in [0.25, 0.3) is 0 Å². The third-order valence-electron chi connectivity index (χ3n) is 2.94. The predicted octanol–water partition coefficient (Wildman–Crippen LogP) is 1.42. The molecule has 1 amide bonds. The van der Waals surface area contributed by atoms with Crippen molar-refractivity contribution in [2.45, 2.75) is 19.0 Å². The minimum atomic E-state index is 0. The predicted molar refractivity (Wildman–Crippen MR) is 77.0 cm³/mol. The van der Waals surface area contributed by atoms with E-state index in [1.165, 1.54) is 7.11 Å². The summed E-state index contributed by atoms with van der Waals surface area (Å²) >= 11 is 5.98. The standard InChI is InChI=1S/C12H16ClN3O3.ClH/c1-18-16(8-17)6-9-4-11(5-15-12(9)13)19-7-10-2-3-14-10;/h4-5,8,10,14H,2-3,6-7H2,1H3;1H/t10-;/m0./s1. The molecule has 1 aromatic heterocycles. The summed E-state index contributed by atoms with van der Waals surface area (Å²) in [5.41, 5.74) is 0.676. The molecule has 0 aliphatic carbocycles. The van der Waals surface area contributed by atoms with Crippen LogP contribution in [0.2, 0.25) is 5.15 Å². The summed E-state index contributed by atoms with van der Waals surface area (Å²) in [6.07, 6.45) is 3.28. The monoisotopic (exact) mass is 321 g/mol. The zero-order valence-electron chi connectivity index (χ0n) is 11.0. The lowest BCUT2D eigenvalue weighted by atomic mass is 10.1. The van der Waals surface area contributed by atoms with Crippen LogP contribution in [0.5, 0.6) is 5.75 Å². The summed E-state index contributed by atoms with van der Waals surface area (Å²) in [6, 6.07) is 2.17. The van der Waals surface area contributed by atoms with E-state index < -0.39 is 0 Å². The van der Waals surface area contributed by atoms with Crippen LogP contribution in [0.1, 0.15) is 12.0 Å². The molecule has 1 aromatic rings. The maximum Gasteiger partial charge on any atom is 0.233 e. The van der Waals surface area contributed by atoms with E-state index in [0.717, 1.165) is 18.0 Å². The van der Waals surface area contributed by atoms with E-state index in [4.69, 9.17) is 21.2 Å². The average Bonchev–Trinajstić information content (AvgIpc) is 2.37. The second-order valence-electron chi connectivity index (χ2n) is 4.23. The van der Waals surface area contributed by atoms with Crippen molar-refractivity contribution >= 4 is 30.4 Å². The summed E-state index contributed by atoms with van der Waals surface area (Å²) in [6.45, 7) is 1.87. The van der Waals surface area contributed by atoms with Crippen LogP contribution in [0.3, 0.4) is 0 Å². The summed E-state index contributed by atoms with van der Waals surface area (Å²) in [7, 11) is 1.42. The molecule has 0 spiro atoms. The lowest BCUT2D eigenvalue weighted by Gasteiger charge is -2.27. The van der Waals surface area contributed by atoms with Crippen LogP contribution in [0.4, 0.5) is 0 Å². The Morgan fingerprint density at radius 3 is 2.95 bits per heavy atom.